The van der Waals surface area contributed by atoms with Gasteiger partial charge in [-0.25, -0.2) is 0 Å². The van der Waals surface area contributed by atoms with Crippen LogP contribution in [0.25, 0.3) is 0 Å². The third-order valence-corrected chi connectivity index (χ3v) is 0. The summed E-state index contributed by atoms with van der Waals surface area (Å²) in [5.74, 6) is 0. The van der Waals surface area contributed by atoms with Crippen molar-refractivity contribution in [1.29, 1.82) is 0 Å². The van der Waals surface area contributed by atoms with Crippen molar-refractivity contribution in [3.05, 3.63) is 0 Å². The maximum Gasteiger partial charge on any atom is 0 e. The molecule has 4 radical (unpaired) electrons. The van der Waals surface area contributed by atoms with E-state index >= 15 is 0 Å². The number of rotatable bonds is 0. The van der Waals surface area contributed by atoms with Crippen LogP contribution in [-0.4, -0.2) is 0 Å². The van der Waals surface area contributed by atoms with E-state index in [2.05, 4.69) is 0 Å². The Balaban J connectivity index is 0. The molecule has 0 aliphatic heterocycles. The van der Waals surface area contributed by atoms with Crippen molar-refractivity contribution in [2.24, 2.45) is 0 Å². The predicted molar refractivity (Wildman–Crippen MR) is 0 cm³/mol. The van der Waals surface area contributed by atoms with Crippen LogP contribution >= 0.6 is 0 Å². The first-order valence-corrected chi connectivity index (χ1v) is 0. The topological polar surface area (TPSA) is 0 Å². The summed E-state index contributed by atoms with van der Waals surface area (Å²) in [4.78, 5) is 0. The summed E-state index contributed by atoms with van der Waals surface area (Å²) in [5.41, 5.74) is 0. The van der Waals surface area contributed by atoms with E-state index in [9.17, 15) is 0 Å². The van der Waals surface area contributed by atoms with E-state index in [1.165, 1.54) is 0 Å². The summed E-state index contributed by atoms with van der Waals surface area (Å²) in [7, 11) is 0. The average Bonchev–Trinajstić information content (AvgIpc) is 0. The maximum atomic E-state index is 0. The molecular formula is Sc4. The number of hydrogen-bond acceptors (Lipinski definition) is 0. The van der Waals surface area contributed by atoms with Crippen LogP contribution in [0.4, 0.5) is 0 Å². The second-order valence-electron chi connectivity index (χ2n) is 0. The van der Waals surface area contributed by atoms with Crippen LogP contribution in [-0.2, 0) is 103 Å². The summed E-state index contributed by atoms with van der Waals surface area (Å²) in [5, 5.41) is 0. The molecule has 0 nitrogen and oxygen atoms in total. The minimum atomic E-state index is 0. The van der Waals surface area contributed by atoms with E-state index in [1.807, 2.05) is 0 Å². The van der Waals surface area contributed by atoms with Crippen LogP contribution in [0.1, 0.15) is 0 Å². The predicted octanol–water partition coefficient (Wildman–Crippen LogP) is -0.0100. The Morgan fingerprint density at radius 1 is 0.250 bits per heavy atom. The molecule has 0 atom stereocenters. The zero-order valence-corrected chi connectivity index (χ0v) is 9.52. The molecule has 0 rings (SSSR count). The van der Waals surface area contributed by atoms with Crippen LogP contribution < -0.4 is 0 Å². The largest absolute Gasteiger partial charge is 0 e. The molecule has 0 fully saturated rings. The molecule has 0 aromatic heterocycles. The first-order valence-electron chi connectivity index (χ1n) is 0. The second-order valence-corrected chi connectivity index (χ2v) is 0. The monoisotopic (exact) mass is 180 g/mol. The fourth-order valence-corrected chi connectivity index (χ4v) is 0. The van der Waals surface area contributed by atoms with Gasteiger partial charge in [0.05, 0.1) is 0 Å². The Labute approximate surface area is 101 Å². The van der Waals surface area contributed by atoms with E-state index in [0.29, 0.717) is 0 Å². The third kappa shape index (κ3) is 9.08. The van der Waals surface area contributed by atoms with E-state index in [4.69, 9.17) is 0 Å². The van der Waals surface area contributed by atoms with Crippen LogP contribution in [0.3, 0.4) is 0 Å². The van der Waals surface area contributed by atoms with Gasteiger partial charge in [-0.3, -0.25) is 0 Å². The van der Waals surface area contributed by atoms with Crippen molar-refractivity contribution in [3.8, 4) is 0 Å². The maximum absolute atomic E-state index is 0. The van der Waals surface area contributed by atoms with Crippen molar-refractivity contribution in [2.45, 2.75) is 0 Å². The summed E-state index contributed by atoms with van der Waals surface area (Å²) < 4.78 is 0. The van der Waals surface area contributed by atoms with Gasteiger partial charge in [-0.1, -0.05) is 0 Å². The molecule has 0 spiro atoms. The molecule has 12 valence electrons. The van der Waals surface area contributed by atoms with Crippen LogP contribution in [0, 0.1) is 0 Å². The van der Waals surface area contributed by atoms with Crippen molar-refractivity contribution in [3.63, 3.8) is 0 Å². The van der Waals surface area contributed by atoms with Crippen molar-refractivity contribution >= 4 is 0 Å². The summed E-state index contributed by atoms with van der Waals surface area (Å²) >= 11 is 0. The van der Waals surface area contributed by atoms with Gasteiger partial charge in [0.1, 0.15) is 0 Å². The molecule has 4 heteroatoms. The minimum Gasteiger partial charge on any atom is 0 e. The van der Waals surface area contributed by atoms with Crippen molar-refractivity contribution in [2.75, 3.05) is 0 Å². The van der Waals surface area contributed by atoms with E-state index in [-0.39, 0.29) is 103 Å². The standard InChI is InChI=1S/4Sc. The van der Waals surface area contributed by atoms with Crippen LogP contribution in [0.5, 0.6) is 0 Å². The van der Waals surface area contributed by atoms with Gasteiger partial charge in [-0.15, -0.1) is 0 Å². The van der Waals surface area contributed by atoms with Gasteiger partial charge in [0.25, 0.3) is 0 Å². The normalized spacial score (nSPS) is 0. The molecule has 0 aliphatic rings. The van der Waals surface area contributed by atoms with E-state index < -0.39 is 0 Å². The van der Waals surface area contributed by atoms with E-state index in [1.54, 1.807) is 0 Å². The molecule has 0 saturated carbocycles. The molecule has 0 aromatic carbocycles. The van der Waals surface area contributed by atoms with Gasteiger partial charge in [-0.2, -0.15) is 0 Å². The third-order valence-electron chi connectivity index (χ3n) is 0. The first kappa shape index (κ1) is 25.9. The van der Waals surface area contributed by atoms with Gasteiger partial charge >= 0.3 is 0 Å². The fourth-order valence-electron chi connectivity index (χ4n) is 0. The van der Waals surface area contributed by atoms with Crippen LogP contribution in [0.2, 0.25) is 0 Å². The molecule has 0 amide bonds. The average molecular weight is 180 g/mol. The second kappa shape index (κ2) is 16.1. The van der Waals surface area contributed by atoms with Crippen molar-refractivity contribution in [1.82, 2.24) is 0 Å². The zero-order valence-electron chi connectivity index (χ0n) is 2.31. The van der Waals surface area contributed by atoms with Gasteiger partial charge < -0.3 is 0 Å². The number of hydrogen-bond donors (Lipinski definition) is 0. The molecule has 0 unspecified atom stereocenters. The summed E-state index contributed by atoms with van der Waals surface area (Å²) in [6.07, 6.45) is 0. The Bertz CT molecular complexity index is 0. The molecule has 0 aliphatic carbocycles. The molecule has 0 bridgehead atoms. The smallest absolute Gasteiger partial charge is 0 e. The SMILES string of the molecule is [Sc].[Sc].[Sc].[Sc]. The Morgan fingerprint density at radius 3 is 0.250 bits per heavy atom. The Morgan fingerprint density at radius 2 is 0.250 bits per heavy atom. The quantitative estimate of drug-likeness (QED) is 0.491. The molecule has 0 aromatic rings. The summed E-state index contributed by atoms with van der Waals surface area (Å²) in [6, 6.07) is 0. The Kier molecular flexibility index (Phi) is 104. The molecule has 0 heterocycles. The summed E-state index contributed by atoms with van der Waals surface area (Å²) in [6.45, 7) is 0. The molecule has 0 saturated heterocycles. The molecule has 0 N–H and O–H groups in total. The Hall–Kier alpha value is 3.48. The van der Waals surface area contributed by atoms with Crippen molar-refractivity contribution < 1.29 is 103 Å². The molecular weight excluding hydrogens is 180 g/mol. The van der Waals surface area contributed by atoms with Gasteiger partial charge in [0.15, 0.2) is 0 Å². The van der Waals surface area contributed by atoms with Gasteiger partial charge in [0, 0.05) is 103 Å². The van der Waals surface area contributed by atoms with Gasteiger partial charge in [0.2, 0.25) is 0 Å². The van der Waals surface area contributed by atoms with E-state index in [0.717, 1.165) is 0 Å². The fraction of sp³-hybridized carbons (Fsp3) is 0. The minimum absolute atomic E-state index is 0. The van der Waals surface area contributed by atoms with Gasteiger partial charge in [-0.05, 0) is 0 Å². The van der Waals surface area contributed by atoms with Crippen LogP contribution in [0.15, 0.2) is 0 Å². The zero-order chi connectivity index (χ0) is 0. The molecule has 4 heavy (non-hydrogen) atoms. The first-order chi connectivity index (χ1) is 0.